The van der Waals surface area contributed by atoms with E-state index in [1.807, 2.05) is 0 Å². The van der Waals surface area contributed by atoms with Crippen LogP contribution in [0, 0.1) is 12.7 Å². The second-order valence-corrected chi connectivity index (χ2v) is 6.31. The fraction of sp³-hybridized carbons (Fsp3) is 0.273. The van der Waals surface area contributed by atoms with Gasteiger partial charge >= 0.3 is 0 Å². The quantitative estimate of drug-likeness (QED) is 0.847. The maximum atomic E-state index is 14.1. The number of aryl methyl sites for hydroxylation is 1. The van der Waals surface area contributed by atoms with Gasteiger partial charge in [-0.1, -0.05) is 16.8 Å². The van der Waals surface area contributed by atoms with Gasteiger partial charge in [0.1, 0.15) is 10.7 Å². The summed E-state index contributed by atoms with van der Waals surface area (Å²) in [7, 11) is -4.12. The van der Waals surface area contributed by atoms with Crippen LogP contribution >= 0.6 is 11.6 Å². The van der Waals surface area contributed by atoms with Crippen molar-refractivity contribution in [2.45, 2.75) is 24.9 Å². The van der Waals surface area contributed by atoms with Crippen molar-refractivity contribution < 1.29 is 17.3 Å². The van der Waals surface area contributed by atoms with Gasteiger partial charge in [-0.25, -0.2) is 17.5 Å². The Balaban J connectivity index is 2.29. The summed E-state index contributed by atoms with van der Waals surface area (Å²) in [5.74, 6) is -0.500. The lowest BCUT2D eigenvalue weighted by Gasteiger charge is -2.09. The Hall–Kier alpha value is -1.55. The number of nitrogens with zero attached hydrogens (tertiary/aromatic N) is 2. The molecule has 0 unspecified atom stereocenters. The van der Waals surface area contributed by atoms with E-state index in [-0.39, 0.29) is 29.5 Å². The molecule has 1 heterocycles. The Bertz CT molecular complexity index is 763. The molecule has 21 heavy (non-hydrogen) atoms. The van der Waals surface area contributed by atoms with E-state index in [0.29, 0.717) is 5.89 Å². The molecule has 0 aliphatic carbocycles. The fourth-order valence-electron chi connectivity index (χ4n) is 1.61. The molecule has 1 aromatic carbocycles. The normalized spacial score (nSPS) is 11.8. The van der Waals surface area contributed by atoms with E-state index >= 15 is 0 Å². The summed E-state index contributed by atoms with van der Waals surface area (Å²) in [4.78, 5) is 3.26. The second kappa shape index (κ2) is 6.06. The van der Waals surface area contributed by atoms with E-state index in [9.17, 15) is 12.8 Å². The van der Waals surface area contributed by atoms with E-state index in [4.69, 9.17) is 21.9 Å². The van der Waals surface area contributed by atoms with Gasteiger partial charge in [0, 0.05) is 24.1 Å². The molecular formula is C11H12ClFN4O3S. The Morgan fingerprint density at radius 3 is 2.76 bits per heavy atom. The van der Waals surface area contributed by atoms with Crippen LogP contribution in [-0.4, -0.2) is 18.6 Å². The first kappa shape index (κ1) is 15.8. The highest BCUT2D eigenvalue weighted by atomic mass is 35.5. The lowest BCUT2D eigenvalue weighted by Crippen LogP contribution is -2.25. The highest BCUT2D eigenvalue weighted by Gasteiger charge is 2.22. The van der Waals surface area contributed by atoms with Gasteiger partial charge in [-0.15, -0.1) is 0 Å². The number of benzene rings is 1. The molecule has 2 rings (SSSR count). The van der Waals surface area contributed by atoms with Gasteiger partial charge in [0.15, 0.2) is 5.82 Å². The van der Waals surface area contributed by atoms with E-state index in [2.05, 4.69) is 14.9 Å². The molecule has 1 aromatic heterocycles. The van der Waals surface area contributed by atoms with Gasteiger partial charge in [0.05, 0.1) is 6.54 Å². The minimum Gasteiger partial charge on any atom is -0.340 e. The molecule has 10 heteroatoms. The minimum absolute atomic E-state index is 0.0123. The summed E-state index contributed by atoms with van der Waals surface area (Å²) < 4.78 is 45.2. The van der Waals surface area contributed by atoms with E-state index < -0.39 is 20.7 Å². The zero-order chi connectivity index (χ0) is 15.6. The summed E-state index contributed by atoms with van der Waals surface area (Å²) in [5, 5.41) is 3.61. The predicted octanol–water partition coefficient (Wildman–Crippen LogP) is 1.11. The molecule has 0 saturated carbocycles. The molecule has 7 nitrogen and oxygen atoms in total. The monoisotopic (exact) mass is 334 g/mol. The summed E-state index contributed by atoms with van der Waals surface area (Å²) in [6.07, 6.45) is 0. The molecule has 0 aliphatic heterocycles. The average molecular weight is 335 g/mol. The molecule has 0 atom stereocenters. The van der Waals surface area contributed by atoms with Crippen molar-refractivity contribution in [2.75, 3.05) is 0 Å². The van der Waals surface area contributed by atoms with Crippen LogP contribution in [0.1, 0.15) is 17.3 Å². The fourth-order valence-corrected chi connectivity index (χ4v) is 3.04. The van der Waals surface area contributed by atoms with Crippen molar-refractivity contribution in [3.05, 3.63) is 40.3 Å². The van der Waals surface area contributed by atoms with Crippen LogP contribution in [0.25, 0.3) is 0 Å². The molecule has 114 valence electrons. The first-order valence-electron chi connectivity index (χ1n) is 5.80. The van der Waals surface area contributed by atoms with Crippen LogP contribution in [0.4, 0.5) is 4.39 Å². The van der Waals surface area contributed by atoms with Crippen LogP contribution in [0.15, 0.2) is 21.6 Å². The number of halogens is 2. The molecule has 0 radical (unpaired) electrons. The average Bonchev–Trinajstić information content (AvgIpc) is 2.84. The van der Waals surface area contributed by atoms with Crippen molar-refractivity contribution >= 4 is 21.6 Å². The molecule has 2 aromatic rings. The van der Waals surface area contributed by atoms with Crippen molar-refractivity contribution in [3.63, 3.8) is 0 Å². The van der Waals surface area contributed by atoms with Crippen LogP contribution in [0.5, 0.6) is 0 Å². The van der Waals surface area contributed by atoms with Gasteiger partial charge in [-0.2, -0.15) is 4.98 Å². The Labute approximate surface area is 125 Å². The summed E-state index contributed by atoms with van der Waals surface area (Å²) in [6, 6.07) is 2.29. The first-order chi connectivity index (χ1) is 9.83. The smallest absolute Gasteiger partial charge is 0.243 e. The predicted molar refractivity (Wildman–Crippen MR) is 72.4 cm³/mol. The van der Waals surface area contributed by atoms with Gasteiger partial charge in [0.2, 0.25) is 15.9 Å². The lowest BCUT2D eigenvalue weighted by atomic mass is 10.2. The number of nitrogens with one attached hydrogen (secondary N) is 1. The first-order valence-corrected chi connectivity index (χ1v) is 7.66. The zero-order valence-corrected chi connectivity index (χ0v) is 12.5. The molecular weight excluding hydrogens is 323 g/mol. The second-order valence-electron chi connectivity index (χ2n) is 4.14. The van der Waals surface area contributed by atoms with Crippen molar-refractivity contribution in [1.29, 1.82) is 0 Å². The van der Waals surface area contributed by atoms with Gasteiger partial charge in [0.25, 0.3) is 0 Å². The lowest BCUT2D eigenvalue weighted by molar-refractivity contribution is 0.387. The van der Waals surface area contributed by atoms with E-state index in [1.165, 1.54) is 6.07 Å². The van der Waals surface area contributed by atoms with Crippen LogP contribution in [0.3, 0.4) is 0 Å². The van der Waals surface area contributed by atoms with Crippen molar-refractivity contribution in [3.8, 4) is 0 Å². The van der Waals surface area contributed by atoms with E-state index in [0.717, 1.165) is 6.07 Å². The Kier molecular flexibility index (Phi) is 4.57. The maximum absolute atomic E-state index is 14.1. The summed E-state index contributed by atoms with van der Waals surface area (Å²) in [5.41, 5.74) is 5.37. The van der Waals surface area contributed by atoms with Crippen molar-refractivity contribution in [1.82, 2.24) is 14.9 Å². The highest BCUT2D eigenvalue weighted by molar-refractivity contribution is 7.89. The number of hydrogen-bond donors (Lipinski definition) is 2. The number of aromatic nitrogens is 2. The number of rotatable bonds is 5. The molecule has 0 fully saturated rings. The topological polar surface area (TPSA) is 111 Å². The third-order valence-corrected chi connectivity index (χ3v) is 4.20. The number of hydrogen-bond acceptors (Lipinski definition) is 6. The van der Waals surface area contributed by atoms with E-state index in [1.54, 1.807) is 6.92 Å². The standard InChI is InChI=1S/C11H12ClFN4O3S/c1-6-16-10(17-20-6)5-15-21(18,19)9-3-8(12)2-7(4-14)11(9)13/h2-3,15H,4-5,14H2,1H3. The third-order valence-electron chi connectivity index (χ3n) is 2.58. The molecule has 0 bridgehead atoms. The SMILES string of the molecule is Cc1nc(CNS(=O)(=O)c2cc(Cl)cc(CN)c2F)no1. The molecule has 0 spiro atoms. The maximum Gasteiger partial charge on any atom is 0.243 e. The van der Waals surface area contributed by atoms with Gasteiger partial charge in [-0.3, -0.25) is 0 Å². The minimum atomic E-state index is -4.12. The Morgan fingerprint density at radius 2 is 2.19 bits per heavy atom. The zero-order valence-electron chi connectivity index (χ0n) is 10.9. The molecule has 0 amide bonds. The van der Waals surface area contributed by atoms with Crippen molar-refractivity contribution in [2.24, 2.45) is 5.73 Å². The largest absolute Gasteiger partial charge is 0.340 e. The van der Waals surface area contributed by atoms with Crippen LogP contribution in [-0.2, 0) is 23.1 Å². The van der Waals surface area contributed by atoms with Crippen LogP contribution in [0.2, 0.25) is 5.02 Å². The summed E-state index contributed by atoms with van der Waals surface area (Å²) in [6.45, 7) is 1.16. The number of sulfonamides is 1. The highest BCUT2D eigenvalue weighted by Crippen LogP contribution is 2.23. The molecule has 0 aliphatic rings. The van der Waals surface area contributed by atoms with Crippen LogP contribution < -0.4 is 10.5 Å². The van der Waals surface area contributed by atoms with Gasteiger partial charge in [-0.05, 0) is 12.1 Å². The molecule has 0 saturated heterocycles. The number of nitrogens with two attached hydrogens (primary N) is 1. The Morgan fingerprint density at radius 1 is 1.48 bits per heavy atom. The van der Waals surface area contributed by atoms with Gasteiger partial charge < -0.3 is 10.3 Å². The molecule has 3 N–H and O–H groups in total. The third kappa shape index (κ3) is 3.56. The summed E-state index contributed by atoms with van der Waals surface area (Å²) >= 11 is 5.77.